The molecule has 2 aliphatic rings. The van der Waals surface area contributed by atoms with Crippen LogP contribution in [0.15, 0.2) is 60.9 Å². The van der Waals surface area contributed by atoms with E-state index in [2.05, 4.69) is 14.9 Å². The number of carbonyl (C=O) groups is 2. The van der Waals surface area contributed by atoms with Gasteiger partial charge in [-0.2, -0.15) is 0 Å². The van der Waals surface area contributed by atoms with E-state index in [0.717, 1.165) is 56.0 Å². The number of carbonyl (C=O) groups excluding carboxylic acids is 2. The molecule has 0 aliphatic carbocycles. The predicted octanol–water partition coefficient (Wildman–Crippen LogP) is 4.40. The zero-order chi connectivity index (χ0) is 26.5. The highest BCUT2D eigenvalue weighted by atomic mass is 19.3. The Morgan fingerprint density at radius 3 is 2.34 bits per heavy atom. The Kier molecular flexibility index (Phi) is 8.12. The molecule has 2 aliphatic heterocycles. The Morgan fingerprint density at radius 1 is 0.947 bits per heavy atom. The van der Waals surface area contributed by atoms with E-state index in [1.165, 1.54) is 12.1 Å². The van der Waals surface area contributed by atoms with Gasteiger partial charge in [-0.05, 0) is 37.0 Å². The number of likely N-dealkylation sites (tertiary alicyclic amines) is 1. The molecular formula is C29H33F2N5O2. The first kappa shape index (κ1) is 26.0. The van der Waals surface area contributed by atoms with Crippen molar-refractivity contribution in [1.82, 2.24) is 24.7 Å². The van der Waals surface area contributed by atoms with Crippen LogP contribution in [0.5, 0.6) is 0 Å². The van der Waals surface area contributed by atoms with E-state index in [1.54, 1.807) is 24.5 Å². The quantitative estimate of drug-likeness (QED) is 0.501. The average Bonchev–Trinajstić information content (AvgIpc) is 3.51. The van der Waals surface area contributed by atoms with Gasteiger partial charge in [-0.1, -0.05) is 36.4 Å². The van der Waals surface area contributed by atoms with E-state index < -0.39 is 6.43 Å². The van der Waals surface area contributed by atoms with Gasteiger partial charge in [0.05, 0.1) is 0 Å². The topological polar surface area (TPSA) is 72.5 Å². The fraction of sp³-hybridized carbons (Fsp3) is 0.414. The van der Waals surface area contributed by atoms with Crippen molar-refractivity contribution in [2.24, 2.45) is 0 Å². The Morgan fingerprint density at radius 2 is 1.68 bits per heavy atom. The molecule has 2 saturated heterocycles. The molecule has 2 fully saturated rings. The number of aromatic nitrogens is 2. The van der Waals surface area contributed by atoms with E-state index in [1.807, 2.05) is 34.1 Å². The maximum atomic E-state index is 13.1. The smallest absolute Gasteiger partial charge is 0.263 e. The number of halogens is 2. The molecule has 0 bridgehead atoms. The van der Waals surface area contributed by atoms with Gasteiger partial charge in [-0.15, -0.1) is 0 Å². The molecule has 3 heterocycles. The van der Waals surface area contributed by atoms with Crippen LogP contribution in [0.4, 0.5) is 8.78 Å². The van der Waals surface area contributed by atoms with E-state index in [9.17, 15) is 18.4 Å². The Balaban J connectivity index is 1.06. The van der Waals surface area contributed by atoms with Crippen LogP contribution in [-0.4, -0.2) is 81.8 Å². The minimum atomic E-state index is -2.47. The first-order valence-corrected chi connectivity index (χ1v) is 13.3. The van der Waals surface area contributed by atoms with Gasteiger partial charge in [0.25, 0.3) is 12.3 Å². The predicted molar refractivity (Wildman–Crippen MR) is 141 cm³/mol. The number of hydrogen-bond donors (Lipinski definition) is 1. The molecule has 0 radical (unpaired) electrons. The fourth-order valence-corrected chi connectivity index (χ4v) is 5.41. The highest BCUT2D eigenvalue weighted by Gasteiger charge is 2.30. The molecule has 0 spiro atoms. The number of aryl methyl sites for hydroxylation is 1. The first-order valence-electron chi connectivity index (χ1n) is 13.3. The van der Waals surface area contributed by atoms with Gasteiger partial charge in [-0.3, -0.25) is 14.5 Å². The molecule has 9 heteroatoms. The summed E-state index contributed by atoms with van der Waals surface area (Å²) in [5.41, 5.74) is 2.47. The summed E-state index contributed by atoms with van der Waals surface area (Å²) >= 11 is 0. The van der Waals surface area contributed by atoms with E-state index in [4.69, 9.17) is 0 Å². The lowest BCUT2D eigenvalue weighted by atomic mass is 10.0. The van der Waals surface area contributed by atoms with Gasteiger partial charge in [0.15, 0.2) is 0 Å². The first-order chi connectivity index (χ1) is 18.5. The molecule has 0 atom stereocenters. The molecule has 1 N–H and O–H groups in total. The van der Waals surface area contributed by atoms with E-state index >= 15 is 0 Å². The van der Waals surface area contributed by atoms with E-state index in [0.29, 0.717) is 37.5 Å². The van der Waals surface area contributed by atoms with Crippen molar-refractivity contribution in [2.75, 3.05) is 39.3 Å². The molecule has 0 unspecified atom stereocenters. The number of hydrogen-bond acceptors (Lipinski definition) is 4. The van der Waals surface area contributed by atoms with Crippen LogP contribution >= 0.6 is 0 Å². The van der Waals surface area contributed by atoms with Crippen LogP contribution in [0.25, 0.3) is 11.4 Å². The molecule has 3 aromatic rings. The molecule has 1 aromatic heterocycles. The van der Waals surface area contributed by atoms with Crippen molar-refractivity contribution >= 4 is 11.8 Å². The van der Waals surface area contributed by atoms with Crippen molar-refractivity contribution in [3.8, 4) is 11.4 Å². The van der Waals surface area contributed by atoms with Crippen LogP contribution in [-0.2, 0) is 11.2 Å². The molecule has 7 nitrogen and oxygen atoms in total. The van der Waals surface area contributed by atoms with Crippen LogP contribution in [0, 0.1) is 0 Å². The standard InChI is InChI=1S/C29H33F2N5O2/c30-27(31)22-7-4-21(5-8-22)6-9-26(37)35-14-10-25(11-15-35)34-16-18-36(19-17-34)29(38)24-3-1-2-23(20-24)28-32-12-13-33-28/h1-5,7-8,12-13,20,25,27H,6,9-11,14-19H2,(H,32,33). The highest BCUT2D eigenvalue weighted by molar-refractivity contribution is 5.95. The summed E-state index contributed by atoms with van der Waals surface area (Å²) < 4.78 is 25.4. The molecule has 0 saturated carbocycles. The van der Waals surface area contributed by atoms with Crippen LogP contribution < -0.4 is 0 Å². The van der Waals surface area contributed by atoms with Crippen LogP contribution in [0.3, 0.4) is 0 Å². The number of alkyl halides is 2. The fourth-order valence-electron chi connectivity index (χ4n) is 5.41. The number of H-pyrrole nitrogens is 1. The number of benzene rings is 2. The monoisotopic (exact) mass is 521 g/mol. The van der Waals surface area contributed by atoms with Crippen molar-refractivity contribution < 1.29 is 18.4 Å². The minimum Gasteiger partial charge on any atom is -0.345 e. The zero-order valence-electron chi connectivity index (χ0n) is 21.4. The van der Waals surface area contributed by atoms with Gasteiger partial charge < -0.3 is 14.8 Å². The summed E-state index contributed by atoms with van der Waals surface area (Å²) in [6, 6.07) is 14.2. The molecule has 200 valence electrons. The van der Waals surface area contributed by atoms with Crippen molar-refractivity contribution in [2.45, 2.75) is 38.2 Å². The molecular weight excluding hydrogens is 488 g/mol. The second-order valence-electron chi connectivity index (χ2n) is 10.0. The van der Waals surface area contributed by atoms with Crippen molar-refractivity contribution in [1.29, 1.82) is 0 Å². The molecule has 2 aromatic carbocycles. The average molecular weight is 522 g/mol. The Hall–Kier alpha value is -3.59. The van der Waals surface area contributed by atoms with E-state index in [-0.39, 0.29) is 17.4 Å². The number of amides is 2. The zero-order valence-corrected chi connectivity index (χ0v) is 21.4. The number of nitrogens with zero attached hydrogens (tertiary/aromatic N) is 4. The number of nitrogens with one attached hydrogen (secondary N) is 1. The Bertz CT molecular complexity index is 1220. The van der Waals surface area contributed by atoms with Crippen LogP contribution in [0.2, 0.25) is 0 Å². The summed E-state index contributed by atoms with van der Waals surface area (Å²) in [5.74, 6) is 0.911. The second-order valence-corrected chi connectivity index (χ2v) is 10.0. The third kappa shape index (κ3) is 6.10. The number of piperazine rings is 1. The lowest BCUT2D eigenvalue weighted by molar-refractivity contribution is -0.132. The number of piperidine rings is 1. The van der Waals surface area contributed by atoms with Crippen molar-refractivity contribution in [3.05, 3.63) is 77.6 Å². The maximum absolute atomic E-state index is 13.1. The normalized spacial score (nSPS) is 17.2. The summed E-state index contributed by atoms with van der Waals surface area (Å²) in [6.45, 7) is 4.49. The highest BCUT2D eigenvalue weighted by Crippen LogP contribution is 2.22. The molecule has 2 amide bonds. The minimum absolute atomic E-state index is 0.00613. The van der Waals surface area contributed by atoms with Gasteiger partial charge >= 0.3 is 0 Å². The summed E-state index contributed by atoms with van der Waals surface area (Å²) in [5, 5.41) is 0. The SMILES string of the molecule is O=C(CCc1ccc(C(F)F)cc1)N1CCC(N2CCN(C(=O)c3cccc(-c4ncc[nH]4)c3)CC2)CC1. The van der Waals surface area contributed by atoms with Gasteiger partial charge in [0, 0.05) is 80.8 Å². The van der Waals surface area contributed by atoms with Gasteiger partial charge in [0.1, 0.15) is 5.82 Å². The summed E-state index contributed by atoms with van der Waals surface area (Å²) in [4.78, 5) is 39.5. The second kappa shape index (κ2) is 11.9. The summed E-state index contributed by atoms with van der Waals surface area (Å²) in [7, 11) is 0. The lowest BCUT2D eigenvalue weighted by Crippen LogP contribution is -2.54. The van der Waals surface area contributed by atoms with Gasteiger partial charge in [0.2, 0.25) is 5.91 Å². The third-order valence-electron chi connectivity index (χ3n) is 7.68. The van der Waals surface area contributed by atoms with Crippen LogP contribution in [0.1, 0.15) is 47.2 Å². The third-order valence-corrected chi connectivity index (χ3v) is 7.68. The number of imidazole rings is 1. The lowest BCUT2D eigenvalue weighted by Gasteiger charge is -2.42. The summed E-state index contributed by atoms with van der Waals surface area (Å²) in [6.07, 6.45) is 3.79. The number of aromatic amines is 1. The molecule has 38 heavy (non-hydrogen) atoms. The maximum Gasteiger partial charge on any atom is 0.263 e. The van der Waals surface area contributed by atoms with Gasteiger partial charge in [-0.25, -0.2) is 13.8 Å². The Labute approximate surface area is 221 Å². The van der Waals surface area contributed by atoms with Crippen molar-refractivity contribution in [3.63, 3.8) is 0 Å². The largest absolute Gasteiger partial charge is 0.345 e. The molecule has 5 rings (SSSR count). The number of rotatable bonds is 7.